The molecule has 1 aromatic carbocycles. The van der Waals surface area contributed by atoms with Crippen molar-refractivity contribution in [3.8, 4) is 10.4 Å². The molecule has 0 saturated carbocycles. The van der Waals surface area contributed by atoms with E-state index in [1.807, 2.05) is 13.0 Å². The predicted molar refractivity (Wildman–Crippen MR) is 115 cm³/mol. The van der Waals surface area contributed by atoms with Crippen LogP contribution in [0.1, 0.15) is 26.6 Å². The van der Waals surface area contributed by atoms with Gasteiger partial charge in [-0.1, -0.05) is 12.1 Å². The number of nitrogens with zero attached hydrogens (tertiary/aromatic N) is 4. The Morgan fingerprint density at radius 2 is 2.07 bits per heavy atom. The number of rotatable bonds is 5. The molecular formula is C21H23N5OS. The van der Waals surface area contributed by atoms with Gasteiger partial charge in [-0.25, -0.2) is 9.97 Å². The molecule has 0 unspecified atom stereocenters. The first-order valence-corrected chi connectivity index (χ1v) is 10.3. The van der Waals surface area contributed by atoms with Gasteiger partial charge in [-0.3, -0.25) is 4.79 Å². The average Bonchev–Trinajstić information content (AvgIpc) is 3.33. The Morgan fingerprint density at radius 1 is 1.25 bits per heavy atom. The summed E-state index contributed by atoms with van der Waals surface area (Å²) < 4.78 is 2.14. The molecule has 0 aliphatic carbocycles. The van der Waals surface area contributed by atoms with Gasteiger partial charge in [0.15, 0.2) is 5.82 Å². The van der Waals surface area contributed by atoms with Gasteiger partial charge >= 0.3 is 0 Å². The fraction of sp³-hybridized carbons (Fsp3) is 0.286. The summed E-state index contributed by atoms with van der Waals surface area (Å²) in [6.07, 6.45) is 0. The van der Waals surface area contributed by atoms with Crippen LogP contribution in [0.25, 0.3) is 32.4 Å². The van der Waals surface area contributed by atoms with E-state index in [1.165, 1.54) is 4.88 Å². The quantitative estimate of drug-likeness (QED) is 0.549. The van der Waals surface area contributed by atoms with Crippen molar-refractivity contribution in [1.29, 1.82) is 0 Å². The van der Waals surface area contributed by atoms with E-state index < -0.39 is 0 Å². The summed E-state index contributed by atoms with van der Waals surface area (Å²) in [6.45, 7) is 7.48. The monoisotopic (exact) mass is 393 g/mol. The number of nitrogen functional groups attached to an aromatic ring is 1. The third kappa shape index (κ3) is 3.01. The minimum atomic E-state index is 0.0359. The Kier molecular flexibility index (Phi) is 4.77. The number of thiophene rings is 1. The van der Waals surface area contributed by atoms with Crippen molar-refractivity contribution >= 4 is 45.0 Å². The molecular weight excluding hydrogens is 370 g/mol. The first-order chi connectivity index (χ1) is 13.5. The molecule has 0 saturated heterocycles. The van der Waals surface area contributed by atoms with Gasteiger partial charge in [-0.15, -0.1) is 11.3 Å². The lowest BCUT2D eigenvalue weighted by Crippen LogP contribution is -2.29. The number of carbonyl (C=O) groups excluding carboxylic acids is 1. The van der Waals surface area contributed by atoms with Crippen LogP contribution in [0.15, 0.2) is 35.7 Å². The number of hydrogen-bond donors (Lipinski definition) is 1. The molecule has 0 spiro atoms. The van der Waals surface area contributed by atoms with Crippen molar-refractivity contribution in [3.05, 3.63) is 41.5 Å². The topological polar surface area (TPSA) is 77.0 Å². The molecule has 144 valence electrons. The van der Waals surface area contributed by atoms with Crippen LogP contribution in [0.3, 0.4) is 0 Å². The van der Waals surface area contributed by atoms with Crippen molar-refractivity contribution in [3.63, 3.8) is 0 Å². The van der Waals surface area contributed by atoms with Crippen molar-refractivity contribution < 1.29 is 4.79 Å². The van der Waals surface area contributed by atoms with E-state index in [9.17, 15) is 4.79 Å². The summed E-state index contributed by atoms with van der Waals surface area (Å²) in [5, 5.41) is 3.09. The van der Waals surface area contributed by atoms with E-state index in [0.29, 0.717) is 24.4 Å². The number of aryl methyl sites for hydroxylation is 1. The van der Waals surface area contributed by atoms with Crippen LogP contribution in [0, 0.1) is 0 Å². The van der Waals surface area contributed by atoms with Crippen LogP contribution in [-0.4, -0.2) is 31.9 Å². The van der Waals surface area contributed by atoms with Gasteiger partial charge in [-0.05, 0) is 43.0 Å². The molecule has 3 aromatic heterocycles. The van der Waals surface area contributed by atoms with Gasteiger partial charge in [0.1, 0.15) is 11.3 Å². The number of carbonyl (C=O) groups is 1. The number of pyridine rings is 1. The smallest absolute Gasteiger partial charge is 0.219 e. The number of hydrogen-bond acceptors (Lipinski definition) is 5. The fourth-order valence-electron chi connectivity index (χ4n) is 3.63. The molecule has 28 heavy (non-hydrogen) atoms. The lowest BCUT2D eigenvalue weighted by atomic mass is 10.1. The van der Waals surface area contributed by atoms with Crippen molar-refractivity contribution in [2.75, 3.05) is 12.3 Å². The van der Waals surface area contributed by atoms with Crippen LogP contribution in [0.4, 0.5) is 5.82 Å². The maximum atomic E-state index is 11.9. The molecule has 2 N–H and O–H groups in total. The molecule has 1 amide bonds. The molecule has 0 atom stereocenters. The van der Waals surface area contributed by atoms with Gasteiger partial charge in [0.2, 0.25) is 5.91 Å². The van der Waals surface area contributed by atoms with E-state index >= 15 is 0 Å². The zero-order chi connectivity index (χ0) is 19.8. The SMILES string of the molecule is CCN(Cc1nc2c(N)nc3cc(-c4cccs4)ccc3c2n1CC)C(C)=O. The van der Waals surface area contributed by atoms with E-state index in [1.54, 1.807) is 23.2 Å². The van der Waals surface area contributed by atoms with Crippen molar-refractivity contribution in [2.24, 2.45) is 0 Å². The Morgan fingerprint density at radius 3 is 2.71 bits per heavy atom. The Bertz CT molecular complexity index is 1160. The van der Waals surface area contributed by atoms with Crippen LogP contribution in [-0.2, 0) is 17.9 Å². The standard InChI is InChI=1S/C21H23N5OS/c1-4-25(13(3)27)12-18-24-19-20(26(18)5-2)15-9-8-14(17-7-6-10-28-17)11-16(15)23-21(19)22/h6-11H,4-5,12H2,1-3H3,(H2,22,23). The molecule has 6 nitrogen and oxygen atoms in total. The highest BCUT2D eigenvalue weighted by molar-refractivity contribution is 7.13. The molecule has 3 heterocycles. The van der Waals surface area contributed by atoms with Crippen molar-refractivity contribution in [2.45, 2.75) is 33.9 Å². The third-order valence-corrected chi connectivity index (χ3v) is 5.98. The van der Waals surface area contributed by atoms with Gasteiger partial charge < -0.3 is 15.2 Å². The van der Waals surface area contributed by atoms with Gasteiger partial charge in [0, 0.05) is 30.3 Å². The normalized spacial score (nSPS) is 11.4. The molecule has 0 aliphatic heterocycles. The summed E-state index contributed by atoms with van der Waals surface area (Å²) in [5.74, 6) is 1.29. The van der Waals surface area contributed by atoms with E-state index in [4.69, 9.17) is 10.7 Å². The van der Waals surface area contributed by atoms with Gasteiger partial charge in [0.25, 0.3) is 0 Å². The minimum absolute atomic E-state index is 0.0359. The summed E-state index contributed by atoms with van der Waals surface area (Å²) in [7, 11) is 0. The highest BCUT2D eigenvalue weighted by Gasteiger charge is 2.19. The van der Waals surface area contributed by atoms with Crippen LogP contribution in [0.5, 0.6) is 0 Å². The van der Waals surface area contributed by atoms with Gasteiger partial charge in [-0.2, -0.15) is 0 Å². The number of benzene rings is 1. The molecule has 7 heteroatoms. The van der Waals surface area contributed by atoms with Crippen LogP contribution >= 0.6 is 11.3 Å². The molecule has 0 aliphatic rings. The number of aromatic nitrogens is 3. The molecule has 0 radical (unpaired) electrons. The Balaban J connectivity index is 1.92. The van der Waals surface area contributed by atoms with Gasteiger partial charge in [0.05, 0.1) is 17.6 Å². The number of anilines is 1. The Labute approximate surface area is 167 Å². The van der Waals surface area contributed by atoms with Crippen LogP contribution in [0.2, 0.25) is 0 Å². The second kappa shape index (κ2) is 7.24. The predicted octanol–water partition coefficient (Wildman–Crippen LogP) is 4.28. The largest absolute Gasteiger partial charge is 0.382 e. The lowest BCUT2D eigenvalue weighted by Gasteiger charge is -2.19. The zero-order valence-electron chi connectivity index (χ0n) is 16.3. The van der Waals surface area contributed by atoms with E-state index in [0.717, 1.165) is 34.4 Å². The maximum Gasteiger partial charge on any atom is 0.219 e. The number of fused-ring (bicyclic) bond motifs is 3. The summed E-state index contributed by atoms with van der Waals surface area (Å²) in [4.78, 5) is 24.2. The zero-order valence-corrected chi connectivity index (χ0v) is 17.1. The molecule has 4 rings (SSSR count). The second-order valence-electron chi connectivity index (χ2n) is 6.71. The third-order valence-electron chi connectivity index (χ3n) is 5.06. The van der Waals surface area contributed by atoms with Crippen molar-refractivity contribution in [1.82, 2.24) is 19.4 Å². The summed E-state index contributed by atoms with van der Waals surface area (Å²) in [5.41, 5.74) is 9.96. The highest BCUT2D eigenvalue weighted by atomic mass is 32.1. The molecule has 0 bridgehead atoms. The highest BCUT2D eigenvalue weighted by Crippen LogP contribution is 2.33. The minimum Gasteiger partial charge on any atom is -0.382 e. The maximum absolute atomic E-state index is 11.9. The Hall–Kier alpha value is -2.93. The first kappa shape index (κ1) is 18.4. The number of imidazole rings is 1. The average molecular weight is 394 g/mol. The second-order valence-corrected chi connectivity index (χ2v) is 7.66. The fourth-order valence-corrected chi connectivity index (χ4v) is 4.36. The summed E-state index contributed by atoms with van der Waals surface area (Å²) >= 11 is 1.70. The lowest BCUT2D eigenvalue weighted by molar-refractivity contribution is -0.129. The molecule has 4 aromatic rings. The molecule has 0 fully saturated rings. The van der Waals surface area contributed by atoms with E-state index in [-0.39, 0.29) is 5.91 Å². The van der Waals surface area contributed by atoms with E-state index in [2.05, 4.69) is 46.1 Å². The number of amides is 1. The first-order valence-electron chi connectivity index (χ1n) is 9.41. The van der Waals surface area contributed by atoms with Crippen LogP contribution < -0.4 is 5.73 Å². The number of nitrogens with two attached hydrogens (primary N) is 1. The summed E-state index contributed by atoms with van der Waals surface area (Å²) in [6, 6.07) is 10.4.